The number of hydrogen-bond donors (Lipinski definition) is 0. The normalized spacial score (nSPS) is 11.9. The summed E-state index contributed by atoms with van der Waals surface area (Å²) in [5.41, 5.74) is 3.01. The Morgan fingerprint density at radius 1 is 0.909 bits per heavy atom. The van der Waals surface area contributed by atoms with Gasteiger partial charge in [-0.2, -0.15) is 5.26 Å². The molecule has 22 heavy (non-hydrogen) atoms. The van der Waals surface area contributed by atoms with Crippen LogP contribution in [-0.2, 0) is 0 Å². The Labute approximate surface area is 131 Å². The number of rotatable bonds is 3. The summed E-state index contributed by atoms with van der Waals surface area (Å²) in [6.45, 7) is 2.18. The van der Waals surface area contributed by atoms with Crippen molar-refractivity contribution in [3.63, 3.8) is 0 Å². The first-order chi connectivity index (χ1) is 10.7. The molecule has 1 atom stereocenters. The zero-order chi connectivity index (χ0) is 15.5. The Hall–Kier alpha value is -2.79. The van der Waals surface area contributed by atoms with Gasteiger partial charge in [0.05, 0.1) is 17.7 Å². The van der Waals surface area contributed by atoms with Gasteiger partial charge < -0.3 is 4.90 Å². The summed E-state index contributed by atoms with van der Waals surface area (Å²) < 4.78 is 0. The van der Waals surface area contributed by atoms with Crippen LogP contribution in [0.2, 0.25) is 0 Å². The number of hydrogen-bond acceptors (Lipinski definition) is 2. The summed E-state index contributed by atoms with van der Waals surface area (Å²) in [6.07, 6.45) is 0. The number of fused-ring (bicyclic) bond motifs is 1. The molecule has 0 aliphatic heterocycles. The maximum absolute atomic E-state index is 9.05. The molecule has 2 heteroatoms. The van der Waals surface area contributed by atoms with Gasteiger partial charge in [-0.1, -0.05) is 42.5 Å². The molecule has 108 valence electrons. The average Bonchev–Trinajstić information content (AvgIpc) is 2.60. The summed E-state index contributed by atoms with van der Waals surface area (Å²) in [6, 6.07) is 25.1. The third-order valence-corrected chi connectivity index (χ3v) is 4.22. The van der Waals surface area contributed by atoms with E-state index < -0.39 is 0 Å². The molecule has 0 heterocycles. The molecular formula is C20H18N2. The fourth-order valence-electron chi connectivity index (χ4n) is 2.71. The highest BCUT2D eigenvalue weighted by Crippen LogP contribution is 2.28. The van der Waals surface area contributed by atoms with Gasteiger partial charge in [0.1, 0.15) is 0 Å². The first kappa shape index (κ1) is 14.2. The Morgan fingerprint density at radius 3 is 2.45 bits per heavy atom. The van der Waals surface area contributed by atoms with E-state index in [9.17, 15) is 0 Å². The molecule has 3 rings (SSSR count). The van der Waals surface area contributed by atoms with E-state index in [-0.39, 0.29) is 6.04 Å². The van der Waals surface area contributed by atoms with Gasteiger partial charge in [0, 0.05) is 12.7 Å². The van der Waals surface area contributed by atoms with Gasteiger partial charge in [0.15, 0.2) is 0 Å². The Kier molecular flexibility index (Phi) is 3.80. The molecule has 0 fully saturated rings. The van der Waals surface area contributed by atoms with Crippen LogP contribution >= 0.6 is 0 Å². The van der Waals surface area contributed by atoms with Crippen LogP contribution < -0.4 is 4.90 Å². The lowest BCUT2D eigenvalue weighted by molar-refractivity contribution is 0.741. The van der Waals surface area contributed by atoms with Crippen LogP contribution in [0.15, 0.2) is 66.7 Å². The van der Waals surface area contributed by atoms with E-state index in [0.717, 1.165) is 5.69 Å². The number of nitrogens with zero attached hydrogens (tertiary/aromatic N) is 2. The topological polar surface area (TPSA) is 27.0 Å². The van der Waals surface area contributed by atoms with Crippen molar-refractivity contribution in [3.05, 3.63) is 77.9 Å². The molecule has 0 aliphatic rings. The first-order valence-corrected chi connectivity index (χ1v) is 7.41. The van der Waals surface area contributed by atoms with Crippen molar-refractivity contribution in [1.29, 1.82) is 5.26 Å². The molecule has 0 radical (unpaired) electrons. The highest BCUT2D eigenvalue weighted by atomic mass is 15.1. The lowest BCUT2D eigenvalue weighted by Crippen LogP contribution is -2.21. The molecule has 0 saturated heterocycles. The monoisotopic (exact) mass is 286 g/mol. The maximum atomic E-state index is 9.05. The van der Waals surface area contributed by atoms with Crippen molar-refractivity contribution >= 4 is 16.5 Å². The van der Waals surface area contributed by atoms with E-state index >= 15 is 0 Å². The Bertz CT molecular complexity index is 845. The Morgan fingerprint density at radius 2 is 1.68 bits per heavy atom. The molecule has 3 aromatic carbocycles. The van der Waals surface area contributed by atoms with Crippen LogP contribution in [0.1, 0.15) is 24.1 Å². The second kappa shape index (κ2) is 5.91. The van der Waals surface area contributed by atoms with E-state index in [1.165, 1.54) is 16.3 Å². The van der Waals surface area contributed by atoms with E-state index in [1.807, 2.05) is 24.3 Å². The zero-order valence-electron chi connectivity index (χ0n) is 12.8. The molecule has 0 aromatic heterocycles. The lowest BCUT2D eigenvalue weighted by atomic mass is 10.0. The minimum absolute atomic E-state index is 0.235. The van der Waals surface area contributed by atoms with Gasteiger partial charge in [0.2, 0.25) is 0 Å². The summed E-state index contributed by atoms with van der Waals surface area (Å²) in [5, 5.41) is 11.6. The van der Waals surface area contributed by atoms with E-state index in [1.54, 1.807) is 0 Å². The molecule has 3 aromatic rings. The van der Waals surface area contributed by atoms with Gasteiger partial charge >= 0.3 is 0 Å². The Balaban J connectivity index is 1.93. The van der Waals surface area contributed by atoms with Crippen LogP contribution in [0.5, 0.6) is 0 Å². The molecule has 0 saturated carbocycles. The third-order valence-electron chi connectivity index (χ3n) is 4.22. The van der Waals surface area contributed by atoms with Crippen LogP contribution in [0.4, 0.5) is 5.69 Å². The minimum Gasteiger partial charge on any atom is -0.368 e. The van der Waals surface area contributed by atoms with Crippen molar-refractivity contribution in [3.8, 4) is 6.07 Å². The van der Waals surface area contributed by atoms with Gasteiger partial charge in [-0.3, -0.25) is 0 Å². The van der Waals surface area contributed by atoms with Crippen molar-refractivity contribution in [2.75, 3.05) is 11.9 Å². The second-order valence-corrected chi connectivity index (χ2v) is 5.56. The fraction of sp³-hybridized carbons (Fsp3) is 0.150. The average molecular weight is 286 g/mol. The largest absolute Gasteiger partial charge is 0.368 e. The number of nitriles is 1. The summed E-state index contributed by atoms with van der Waals surface area (Å²) in [5.74, 6) is 0. The van der Waals surface area contributed by atoms with Crippen molar-refractivity contribution in [2.24, 2.45) is 0 Å². The molecule has 1 unspecified atom stereocenters. The van der Waals surface area contributed by atoms with Gasteiger partial charge in [0.25, 0.3) is 0 Å². The molecule has 0 spiro atoms. The standard InChI is InChI=1S/C20H18N2/c1-15(22(2)20-9-5-6-16(12-20)14-21)18-11-10-17-7-3-4-8-19(17)13-18/h3-13,15H,1-2H3. The van der Waals surface area contributed by atoms with Crippen LogP contribution in [-0.4, -0.2) is 7.05 Å². The van der Waals surface area contributed by atoms with Gasteiger partial charge in [-0.05, 0) is 47.5 Å². The van der Waals surface area contributed by atoms with Crippen molar-refractivity contribution in [2.45, 2.75) is 13.0 Å². The molecular weight excluding hydrogens is 268 g/mol. The predicted molar refractivity (Wildman–Crippen MR) is 91.9 cm³/mol. The summed E-state index contributed by atoms with van der Waals surface area (Å²) in [7, 11) is 2.07. The quantitative estimate of drug-likeness (QED) is 0.684. The van der Waals surface area contributed by atoms with E-state index in [0.29, 0.717) is 5.56 Å². The predicted octanol–water partition coefficient (Wildman–Crippen LogP) is 4.91. The van der Waals surface area contributed by atoms with Gasteiger partial charge in [-0.25, -0.2) is 0 Å². The SMILES string of the molecule is CC(c1ccc2ccccc2c1)N(C)c1cccc(C#N)c1. The first-order valence-electron chi connectivity index (χ1n) is 7.41. The smallest absolute Gasteiger partial charge is 0.0992 e. The molecule has 2 nitrogen and oxygen atoms in total. The van der Waals surface area contributed by atoms with Gasteiger partial charge in [-0.15, -0.1) is 0 Å². The molecule has 0 N–H and O–H groups in total. The zero-order valence-corrected chi connectivity index (χ0v) is 12.8. The third kappa shape index (κ3) is 2.66. The fourth-order valence-corrected chi connectivity index (χ4v) is 2.71. The second-order valence-electron chi connectivity index (χ2n) is 5.56. The molecule has 0 aliphatic carbocycles. The van der Waals surface area contributed by atoms with Crippen molar-refractivity contribution < 1.29 is 0 Å². The van der Waals surface area contributed by atoms with Crippen LogP contribution in [0, 0.1) is 11.3 Å². The number of benzene rings is 3. The summed E-state index contributed by atoms with van der Waals surface area (Å²) in [4.78, 5) is 2.20. The van der Waals surface area contributed by atoms with Crippen LogP contribution in [0.3, 0.4) is 0 Å². The number of anilines is 1. The van der Waals surface area contributed by atoms with E-state index in [2.05, 4.69) is 67.4 Å². The van der Waals surface area contributed by atoms with Crippen molar-refractivity contribution in [1.82, 2.24) is 0 Å². The maximum Gasteiger partial charge on any atom is 0.0992 e. The highest BCUT2D eigenvalue weighted by Gasteiger charge is 2.13. The van der Waals surface area contributed by atoms with E-state index in [4.69, 9.17) is 5.26 Å². The highest BCUT2D eigenvalue weighted by molar-refractivity contribution is 5.83. The lowest BCUT2D eigenvalue weighted by Gasteiger charge is -2.27. The summed E-state index contributed by atoms with van der Waals surface area (Å²) >= 11 is 0. The molecule has 0 amide bonds. The van der Waals surface area contributed by atoms with Crippen LogP contribution in [0.25, 0.3) is 10.8 Å². The molecule has 0 bridgehead atoms. The minimum atomic E-state index is 0.235.